The van der Waals surface area contributed by atoms with Crippen LogP contribution in [0.15, 0.2) is 42.5 Å². The first-order valence-electron chi connectivity index (χ1n) is 12.9. The van der Waals surface area contributed by atoms with Crippen LogP contribution in [-0.2, 0) is 17.6 Å². The van der Waals surface area contributed by atoms with Crippen LogP contribution >= 0.6 is 0 Å². The highest BCUT2D eigenvalue weighted by atomic mass is 19.1. The lowest BCUT2D eigenvalue weighted by Crippen LogP contribution is -2.53. The fraction of sp³-hybridized carbons (Fsp3) is 0.379. The summed E-state index contributed by atoms with van der Waals surface area (Å²) < 4.78 is 19.6. The van der Waals surface area contributed by atoms with Gasteiger partial charge in [-0.25, -0.2) is 9.37 Å². The molecule has 8 heteroatoms. The molecule has 7 nitrogen and oxygen atoms in total. The largest absolute Gasteiger partial charge is 0.494 e. The Labute approximate surface area is 214 Å². The van der Waals surface area contributed by atoms with E-state index in [1.807, 2.05) is 29.2 Å². The molecule has 4 heterocycles. The summed E-state index contributed by atoms with van der Waals surface area (Å²) in [4.78, 5) is 25.0. The molecule has 2 aromatic heterocycles. The van der Waals surface area contributed by atoms with E-state index in [0.717, 1.165) is 63.8 Å². The van der Waals surface area contributed by atoms with E-state index in [1.165, 1.54) is 13.2 Å². The Kier molecular flexibility index (Phi) is 5.99. The van der Waals surface area contributed by atoms with E-state index in [2.05, 4.69) is 16.0 Å². The first-order chi connectivity index (χ1) is 17.9. The number of aliphatic hydroxyl groups excluding tert-OH is 1. The maximum Gasteiger partial charge on any atom is 0.219 e. The molecule has 2 aliphatic heterocycles. The number of aromatic amines is 1. The smallest absolute Gasteiger partial charge is 0.219 e. The van der Waals surface area contributed by atoms with E-state index in [4.69, 9.17) is 9.72 Å². The molecular formula is C29H31FN4O3. The van der Waals surface area contributed by atoms with Gasteiger partial charge in [0.15, 0.2) is 11.6 Å². The number of halogens is 1. The number of anilines is 1. The highest BCUT2D eigenvalue weighted by Gasteiger charge is 2.35. The van der Waals surface area contributed by atoms with Gasteiger partial charge in [0.2, 0.25) is 5.91 Å². The van der Waals surface area contributed by atoms with Crippen LogP contribution in [0.5, 0.6) is 5.75 Å². The van der Waals surface area contributed by atoms with Crippen molar-refractivity contribution < 1.29 is 19.0 Å². The molecule has 2 aliphatic rings. The van der Waals surface area contributed by atoms with Gasteiger partial charge in [-0.15, -0.1) is 0 Å². The van der Waals surface area contributed by atoms with Crippen molar-refractivity contribution in [3.63, 3.8) is 0 Å². The zero-order valence-corrected chi connectivity index (χ0v) is 21.1. The van der Waals surface area contributed by atoms with Gasteiger partial charge in [-0.2, -0.15) is 0 Å². The Bertz CT molecular complexity index is 1500. The Morgan fingerprint density at radius 2 is 2.08 bits per heavy atom. The number of nitrogens with zero attached hydrogens (tertiary/aromatic N) is 3. The number of rotatable bonds is 4. The summed E-state index contributed by atoms with van der Waals surface area (Å²) in [5, 5.41) is 13.1. The second-order valence-corrected chi connectivity index (χ2v) is 10.2. The van der Waals surface area contributed by atoms with Crippen LogP contribution in [0.4, 0.5) is 10.2 Å². The zero-order chi connectivity index (χ0) is 25.7. The van der Waals surface area contributed by atoms with Gasteiger partial charge in [0.25, 0.3) is 0 Å². The third-order valence-corrected chi connectivity index (χ3v) is 7.80. The van der Waals surface area contributed by atoms with Gasteiger partial charge < -0.3 is 24.6 Å². The molecule has 0 bridgehead atoms. The Morgan fingerprint density at radius 3 is 2.86 bits per heavy atom. The predicted molar refractivity (Wildman–Crippen MR) is 142 cm³/mol. The number of methoxy groups -OCH3 is 1. The minimum absolute atomic E-state index is 0.0738. The van der Waals surface area contributed by atoms with E-state index in [0.29, 0.717) is 25.9 Å². The monoisotopic (exact) mass is 502 g/mol. The fourth-order valence-electron chi connectivity index (χ4n) is 6.04. The number of β-amino-alcohol motifs (C(OH)–C–C–N with tert-alkyl or cyclic N) is 1. The SMILES string of the molecule is COc1ccc(Cc2nc3c(c4c2[nH]c2ccccc24)CC(O)CN3[C@H]2CCCN(C(C)=O)C2)cc1F. The first-order valence-corrected chi connectivity index (χ1v) is 12.9. The third kappa shape index (κ3) is 4.19. The van der Waals surface area contributed by atoms with Crippen molar-refractivity contribution >= 4 is 33.5 Å². The number of piperidine rings is 1. The number of ether oxygens (including phenoxy) is 1. The van der Waals surface area contributed by atoms with E-state index in [1.54, 1.807) is 13.0 Å². The van der Waals surface area contributed by atoms with Crippen molar-refractivity contribution in [3.8, 4) is 5.75 Å². The summed E-state index contributed by atoms with van der Waals surface area (Å²) in [6.07, 6.45) is 2.28. The molecule has 1 fully saturated rings. The van der Waals surface area contributed by atoms with E-state index < -0.39 is 11.9 Å². The van der Waals surface area contributed by atoms with Crippen LogP contribution in [0.3, 0.4) is 0 Å². The number of carbonyl (C=O) groups excluding carboxylic acids is 1. The van der Waals surface area contributed by atoms with Crippen molar-refractivity contribution in [2.45, 2.75) is 44.8 Å². The summed E-state index contributed by atoms with van der Waals surface area (Å²) in [5.74, 6) is 0.749. The number of hydrogen-bond donors (Lipinski definition) is 2. The number of fused-ring (bicyclic) bond motifs is 5. The number of nitrogens with one attached hydrogen (secondary N) is 1. The number of benzene rings is 2. The average molecular weight is 503 g/mol. The van der Waals surface area contributed by atoms with Crippen LogP contribution < -0.4 is 9.64 Å². The maximum atomic E-state index is 14.5. The predicted octanol–water partition coefficient (Wildman–Crippen LogP) is 4.19. The minimum atomic E-state index is -0.527. The van der Waals surface area contributed by atoms with Crippen LogP contribution in [0.1, 0.15) is 36.6 Å². The summed E-state index contributed by atoms with van der Waals surface area (Å²) in [5.41, 5.74) is 4.57. The van der Waals surface area contributed by atoms with Crippen LogP contribution in [0.2, 0.25) is 0 Å². The Balaban J connectivity index is 1.52. The van der Waals surface area contributed by atoms with Crippen LogP contribution in [0, 0.1) is 5.82 Å². The van der Waals surface area contributed by atoms with Gasteiger partial charge in [0.05, 0.1) is 24.4 Å². The zero-order valence-electron chi connectivity index (χ0n) is 21.1. The van der Waals surface area contributed by atoms with Crippen molar-refractivity contribution in [1.82, 2.24) is 14.9 Å². The number of amides is 1. The molecule has 0 radical (unpaired) electrons. The van der Waals surface area contributed by atoms with E-state index in [-0.39, 0.29) is 17.7 Å². The second-order valence-electron chi connectivity index (χ2n) is 10.2. The van der Waals surface area contributed by atoms with Crippen LogP contribution in [0.25, 0.3) is 21.8 Å². The van der Waals surface area contributed by atoms with Crippen molar-refractivity contribution in [2.75, 3.05) is 31.6 Å². The quantitative estimate of drug-likeness (QED) is 0.437. The Morgan fingerprint density at radius 1 is 1.24 bits per heavy atom. The number of H-pyrrole nitrogens is 1. The normalized spacial score (nSPS) is 19.9. The highest BCUT2D eigenvalue weighted by Crippen LogP contribution is 2.40. The average Bonchev–Trinajstić information content (AvgIpc) is 3.29. The topological polar surface area (TPSA) is 81.7 Å². The lowest BCUT2D eigenvalue weighted by atomic mass is 9.93. The number of pyridine rings is 1. The number of aliphatic hydroxyl groups is 1. The lowest BCUT2D eigenvalue weighted by Gasteiger charge is -2.43. The summed E-state index contributed by atoms with van der Waals surface area (Å²) in [7, 11) is 1.46. The molecule has 2 aromatic carbocycles. The molecule has 2 N–H and O–H groups in total. The molecule has 6 rings (SSSR count). The number of carbonyl (C=O) groups is 1. The van der Waals surface area contributed by atoms with Crippen molar-refractivity contribution in [3.05, 3.63) is 65.1 Å². The summed E-state index contributed by atoms with van der Waals surface area (Å²) in [6, 6.07) is 13.2. The molecule has 0 spiro atoms. The standard InChI is InChI=1S/C29H31FN4O3/c1-17(35)33-11-5-6-19(15-33)34-16-20(36)14-22-27-21-7-3-4-8-24(21)31-28(27)25(32-29(22)34)13-18-9-10-26(37-2)23(30)12-18/h3-4,7-10,12,19-20,31,36H,5-6,11,13-16H2,1-2H3/t19-,20?/m0/s1. The first kappa shape index (κ1) is 23.7. The molecule has 192 valence electrons. The van der Waals surface area contributed by atoms with Gasteiger partial charge in [-0.3, -0.25) is 4.79 Å². The number of para-hydroxylation sites is 1. The maximum absolute atomic E-state index is 14.5. The molecule has 1 unspecified atom stereocenters. The van der Waals surface area contributed by atoms with Gasteiger partial charge in [0, 0.05) is 67.3 Å². The van der Waals surface area contributed by atoms with Crippen molar-refractivity contribution in [2.24, 2.45) is 0 Å². The van der Waals surface area contributed by atoms with Gasteiger partial charge in [-0.05, 0) is 36.6 Å². The Hall–Kier alpha value is -3.65. The molecule has 2 atom stereocenters. The molecule has 0 aliphatic carbocycles. The highest BCUT2D eigenvalue weighted by molar-refractivity contribution is 6.11. The second kappa shape index (κ2) is 9.34. The fourth-order valence-corrected chi connectivity index (χ4v) is 6.04. The van der Waals surface area contributed by atoms with Crippen molar-refractivity contribution in [1.29, 1.82) is 0 Å². The van der Waals surface area contributed by atoms with Gasteiger partial charge in [0.1, 0.15) is 5.82 Å². The number of likely N-dealkylation sites (tertiary alicyclic amines) is 1. The minimum Gasteiger partial charge on any atom is -0.494 e. The van der Waals surface area contributed by atoms with E-state index >= 15 is 0 Å². The summed E-state index contributed by atoms with van der Waals surface area (Å²) >= 11 is 0. The van der Waals surface area contributed by atoms with E-state index in [9.17, 15) is 14.3 Å². The lowest BCUT2D eigenvalue weighted by molar-refractivity contribution is -0.130. The number of hydrogen-bond acceptors (Lipinski definition) is 5. The molecule has 37 heavy (non-hydrogen) atoms. The molecule has 4 aromatic rings. The third-order valence-electron chi connectivity index (χ3n) is 7.80. The molecule has 1 amide bonds. The summed E-state index contributed by atoms with van der Waals surface area (Å²) in [6.45, 7) is 3.47. The van der Waals surface area contributed by atoms with Crippen LogP contribution in [-0.4, -0.2) is 64.8 Å². The van der Waals surface area contributed by atoms with Gasteiger partial charge >= 0.3 is 0 Å². The number of aromatic nitrogens is 2. The molecule has 1 saturated heterocycles. The molecular weight excluding hydrogens is 471 g/mol. The van der Waals surface area contributed by atoms with Gasteiger partial charge in [-0.1, -0.05) is 24.3 Å². The molecule has 0 saturated carbocycles.